The Morgan fingerprint density at radius 3 is 2.36 bits per heavy atom. The topological polar surface area (TPSA) is 122 Å². The Morgan fingerprint density at radius 1 is 1.00 bits per heavy atom. The third-order valence-corrected chi connectivity index (χ3v) is 5.52. The van der Waals surface area contributed by atoms with E-state index in [-0.39, 0.29) is 17.3 Å². The molecule has 33 heavy (non-hydrogen) atoms. The standard InChI is InChI=1S/C21H20ClN5O6/c1-31-14-7-5-12(9-13(14)22)27-20(29)18-19(21(27)30)26(25-24-18)10-17(28)23-11-4-6-15(32-2)16(8-11)33-3/h4-9,18-19H,10H2,1-3H3,(H,23,28)/t18-,19+/m0/s1. The fourth-order valence-corrected chi connectivity index (χ4v) is 3.92. The van der Waals surface area contributed by atoms with Crippen LogP contribution in [0.3, 0.4) is 0 Å². The Kier molecular flexibility index (Phi) is 6.05. The second-order valence-electron chi connectivity index (χ2n) is 7.14. The Labute approximate surface area is 193 Å². The van der Waals surface area contributed by atoms with Crippen molar-refractivity contribution in [1.82, 2.24) is 5.01 Å². The van der Waals surface area contributed by atoms with E-state index in [0.717, 1.165) is 4.90 Å². The van der Waals surface area contributed by atoms with Gasteiger partial charge in [0.05, 0.1) is 32.0 Å². The lowest BCUT2D eigenvalue weighted by Gasteiger charge is -2.20. The number of carbonyl (C=O) groups excluding carboxylic acids is 3. The predicted molar refractivity (Wildman–Crippen MR) is 118 cm³/mol. The first-order chi connectivity index (χ1) is 15.9. The number of nitrogens with one attached hydrogen (secondary N) is 1. The van der Waals surface area contributed by atoms with E-state index in [1.54, 1.807) is 30.3 Å². The Morgan fingerprint density at radius 2 is 1.70 bits per heavy atom. The Bertz CT molecular complexity index is 1160. The van der Waals surface area contributed by atoms with Gasteiger partial charge in [0.15, 0.2) is 23.6 Å². The van der Waals surface area contributed by atoms with E-state index in [1.165, 1.54) is 32.4 Å². The molecule has 2 aromatic carbocycles. The van der Waals surface area contributed by atoms with Crippen LogP contribution in [0.2, 0.25) is 5.02 Å². The highest BCUT2D eigenvalue weighted by atomic mass is 35.5. The Hall–Kier alpha value is -3.86. The lowest BCUT2D eigenvalue weighted by molar-refractivity contribution is -0.123. The number of hydrogen-bond donors (Lipinski definition) is 1. The molecule has 1 saturated heterocycles. The molecule has 2 atom stereocenters. The van der Waals surface area contributed by atoms with Crippen molar-refractivity contribution in [3.63, 3.8) is 0 Å². The third-order valence-electron chi connectivity index (χ3n) is 5.22. The number of fused-ring (bicyclic) bond motifs is 1. The van der Waals surface area contributed by atoms with Crippen LogP contribution in [0.5, 0.6) is 17.2 Å². The van der Waals surface area contributed by atoms with Crippen LogP contribution in [0.1, 0.15) is 0 Å². The fraction of sp³-hybridized carbons (Fsp3) is 0.286. The van der Waals surface area contributed by atoms with Gasteiger partial charge in [-0.1, -0.05) is 16.8 Å². The monoisotopic (exact) mass is 473 g/mol. The molecule has 12 heteroatoms. The molecule has 2 aliphatic rings. The first-order valence-electron chi connectivity index (χ1n) is 9.78. The van der Waals surface area contributed by atoms with Crippen molar-refractivity contribution in [3.8, 4) is 17.2 Å². The lowest BCUT2D eigenvalue weighted by atomic mass is 10.1. The molecule has 0 radical (unpaired) electrons. The number of carbonyl (C=O) groups is 3. The van der Waals surface area contributed by atoms with E-state index in [9.17, 15) is 14.4 Å². The molecule has 11 nitrogen and oxygen atoms in total. The fourth-order valence-electron chi connectivity index (χ4n) is 3.66. The van der Waals surface area contributed by atoms with Crippen LogP contribution < -0.4 is 24.4 Å². The summed E-state index contributed by atoms with van der Waals surface area (Å²) in [6, 6.07) is 7.41. The molecule has 1 N–H and O–H groups in total. The van der Waals surface area contributed by atoms with E-state index in [4.69, 9.17) is 25.8 Å². The quantitative estimate of drug-likeness (QED) is 0.612. The molecule has 2 aromatic rings. The van der Waals surface area contributed by atoms with Gasteiger partial charge in [-0.25, -0.2) is 4.90 Å². The smallest absolute Gasteiger partial charge is 0.263 e. The highest BCUT2D eigenvalue weighted by Crippen LogP contribution is 2.35. The highest BCUT2D eigenvalue weighted by molar-refractivity contribution is 6.33. The van der Waals surface area contributed by atoms with Crippen molar-refractivity contribution in [2.24, 2.45) is 10.3 Å². The molecular formula is C21H20ClN5O6. The van der Waals surface area contributed by atoms with Crippen LogP contribution in [0, 0.1) is 0 Å². The van der Waals surface area contributed by atoms with Crippen molar-refractivity contribution in [1.29, 1.82) is 0 Å². The number of nitrogens with zero attached hydrogens (tertiary/aromatic N) is 4. The second-order valence-corrected chi connectivity index (χ2v) is 7.55. The normalized spacial score (nSPS) is 19.0. The van der Waals surface area contributed by atoms with Gasteiger partial charge in [-0.2, -0.15) is 5.11 Å². The van der Waals surface area contributed by atoms with E-state index in [0.29, 0.717) is 22.9 Å². The van der Waals surface area contributed by atoms with Crippen LogP contribution >= 0.6 is 11.6 Å². The molecule has 2 heterocycles. The minimum Gasteiger partial charge on any atom is -0.495 e. The van der Waals surface area contributed by atoms with Gasteiger partial charge in [0.1, 0.15) is 12.3 Å². The Balaban J connectivity index is 1.48. The number of halogens is 1. The number of benzene rings is 2. The van der Waals surface area contributed by atoms with Gasteiger partial charge in [-0.15, -0.1) is 0 Å². The van der Waals surface area contributed by atoms with Gasteiger partial charge in [0.2, 0.25) is 5.91 Å². The summed E-state index contributed by atoms with van der Waals surface area (Å²) in [7, 11) is 4.45. The van der Waals surface area contributed by atoms with Crippen molar-refractivity contribution in [2.45, 2.75) is 12.1 Å². The first-order valence-corrected chi connectivity index (χ1v) is 10.2. The van der Waals surface area contributed by atoms with Gasteiger partial charge in [0, 0.05) is 11.8 Å². The van der Waals surface area contributed by atoms with E-state index in [1.807, 2.05) is 0 Å². The predicted octanol–water partition coefficient (Wildman–Crippen LogP) is 2.30. The van der Waals surface area contributed by atoms with Crippen LogP contribution in [-0.2, 0) is 14.4 Å². The second kappa shape index (κ2) is 8.94. The van der Waals surface area contributed by atoms with Gasteiger partial charge in [-0.3, -0.25) is 19.4 Å². The number of hydrogen-bond acceptors (Lipinski definition) is 9. The molecule has 1 fully saturated rings. The minimum absolute atomic E-state index is 0.250. The number of rotatable bonds is 7. The summed E-state index contributed by atoms with van der Waals surface area (Å²) in [5, 5.41) is 11.9. The summed E-state index contributed by atoms with van der Waals surface area (Å²) in [6.07, 6.45) is 0. The summed E-state index contributed by atoms with van der Waals surface area (Å²) in [5.74, 6) is -0.171. The third kappa shape index (κ3) is 4.02. The molecule has 0 unspecified atom stereocenters. The molecule has 0 aliphatic carbocycles. The van der Waals surface area contributed by atoms with Gasteiger partial charge in [-0.05, 0) is 30.3 Å². The van der Waals surface area contributed by atoms with Gasteiger partial charge >= 0.3 is 0 Å². The zero-order valence-corrected chi connectivity index (χ0v) is 18.7. The van der Waals surface area contributed by atoms with Gasteiger partial charge < -0.3 is 19.5 Å². The van der Waals surface area contributed by atoms with Crippen LogP contribution in [0.15, 0.2) is 46.7 Å². The number of anilines is 2. The molecule has 0 aromatic heterocycles. The summed E-state index contributed by atoms with van der Waals surface area (Å²) in [6.45, 7) is -0.282. The molecule has 3 amide bonds. The summed E-state index contributed by atoms with van der Waals surface area (Å²) in [4.78, 5) is 39.5. The summed E-state index contributed by atoms with van der Waals surface area (Å²) < 4.78 is 15.5. The molecule has 4 rings (SSSR count). The van der Waals surface area contributed by atoms with E-state index < -0.39 is 29.8 Å². The first kappa shape index (κ1) is 22.3. The SMILES string of the molecule is COc1ccc(N2C(=O)[C@H]3N=NN(CC(=O)Nc4ccc(OC)c(OC)c4)[C@H]3C2=O)cc1Cl. The van der Waals surface area contributed by atoms with Crippen LogP contribution in [-0.4, -0.2) is 62.7 Å². The molecule has 0 spiro atoms. The van der Waals surface area contributed by atoms with E-state index >= 15 is 0 Å². The number of imide groups is 1. The maximum Gasteiger partial charge on any atom is 0.263 e. The summed E-state index contributed by atoms with van der Waals surface area (Å²) >= 11 is 6.14. The zero-order chi connectivity index (χ0) is 23.7. The molecular weight excluding hydrogens is 454 g/mol. The van der Waals surface area contributed by atoms with Crippen molar-refractivity contribution in [3.05, 3.63) is 41.4 Å². The number of ether oxygens (including phenoxy) is 3. The maximum absolute atomic E-state index is 13.1. The van der Waals surface area contributed by atoms with E-state index in [2.05, 4.69) is 15.7 Å². The molecule has 172 valence electrons. The maximum atomic E-state index is 13.1. The minimum atomic E-state index is -1.03. The average molecular weight is 474 g/mol. The van der Waals surface area contributed by atoms with Crippen molar-refractivity contribution in [2.75, 3.05) is 38.1 Å². The average Bonchev–Trinajstić information content (AvgIpc) is 3.32. The number of methoxy groups -OCH3 is 3. The zero-order valence-electron chi connectivity index (χ0n) is 17.9. The largest absolute Gasteiger partial charge is 0.495 e. The number of amides is 3. The highest BCUT2D eigenvalue weighted by Gasteiger charge is 2.55. The van der Waals surface area contributed by atoms with Crippen LogP contribution in [0.25, 0.3) is 0 Å². The summed E-state index contributed by atoms with van der Waals surface area (Å²) in [5.41, 5.74) is 0.754. The van der Waals surface area contributed by atoms with Crippen molar-refractivity contribution < 1.29 is 28.6 Å². The molecule has 0 bridgehead atoms. The van der Waals surface area contributed by atoms with Gasteiger partial charge in [0.25, 0.3) is 11.8 Å². The lowest BCUT2D eigenvalue weighted by Crippen LogP contribution is -2.43. The van der Waals surface area contributed by atoms with Crippen LogP contribution in [0.4, 0.5) is 11.4 Å². The van der Waals surface area contributed by atoms with Crippen molar-refractivity contribution >= 4 is 40.7 Å². The molecule has 0 saturated carbocycles. The molecule has 2 aliphatic heterocycles.